The molecule has 176 valence electrons. The molecule has 0 saturated heterocycles. The lowest BCUT2D eigenvalue weighted by Crippen LogP contribution is -2.43. The van der Waals surface area contributed by atoms with Gasteiger partial charge in [-0.3, -0.25) is 0 Å². The molecule has 0 saturated carbocycles. The number of fused-ring (bicyclic) bond motifs is 1. The lowest BCUT2D eigenvalue weighted by molar-refractivity contribution is -0.136. The number of aromatic nitrogens is 1. The maximum absolute atomic E-state index is 14.1. The van der Waals surface area contributed by atoms with Crippen LogP contribution in [0.25, 0.3) is 22.5 Å². The number of hydrogen-bond donors (Lipinski definition) is 0. The molecular formula is C31H23BF3N. The summed E-state index contributed by atoms with van der Waals surface area (Å²) >= 11 is 0. The number of nitrogens with zero attached hydrogens (tertiary/aromatic N) is 1. The Morgan fingerprint density at radius 2 is 1.28 bits per heavy atom. The van der Waals surface area contributed by atoms with Crippen LogP contribution in [0.15, 0.2) is 115 Å². The zero-order valence-corrected chi connectivity index (χ0v) is 19.7. The van der Waals surface area contributed by atoms with Gasteiger partial charge in [-0.15, -0.1) is 0 Å². The fraction of sp³-hybridized carbons (Fsp3) is 0.0645. The molecule has 4 aromatic carbocycles. The average Bonchev–Trinajstić information content (AvgIpc) is 2.89. The molecule has 0 aliphatic rings. The molecule has 5 aromatic rings. The third kappa shape index (κ3) is 4.96. The highest BCUT2D eigenvalue weighted by molar-refractivity contribution is 7.00. The molecule has 1 aromatic heterocycles. The second-order valence-corrected chi connectivity index (χ2v) is 8.83. The van der Waals surface area contributed by atoms with Crippen molar-refractivity contribution in [2.75, 3.05) is 0 Å². The topological polar surface area (TPSA) is 12.9 Å². The molecule has 5 heteroatoms. The molecule has 0 radical (unpaired) electrons. The van der Waals surface area contributed by atoms with Crippen molar-refractivity contribution in [1.82, 2.24) is 4.98 Å². The van der Waals surface area contributed by atoms with Crippen LogP contribution in [0, 0.1) is 6.92 Å². The van der Waals surface area contributed by atoms with Gasteiger partial charge in [-0.1, -0.05) is 119 Å². The van der Waals surface area contributed by atoms with Gasteiger partial charge in [-0.05, 0) is 36.8 Å². The molecule has 1 nitrogen and oxygen atoms in total. The summed E-state index contributed by atoms with van der Waals surface area (Å²) in [6.45, 7) is 1.59. The molecule has 0 aliphatic heterocycles. The van der Waals surface area contributed by atoms with Crippen molar-refractivity contribution in [3.8, 4) is 0 Å². The summed E-state index contributed by atoms with van der Waals surface area (Å²) in [5, 5.41) is 0.114. The van der Waals surface area contributed by atoms with Gasteiger partial charge in [0.15, 0.2) is 0 Å². The van der Waals surface area contributed by atoms with Gasteiger partial charge in [0, 0.05) is 5.39 Å². The van der Waals surface area contributed by atoms with Gasteiger partial charge in [-0.2, -0.15) is 13.2 Å². The van der Waals surface area contributed by atoms with Crippen LogP contribution in [0.5, 0.6) is 0 Å². The zero-order chi connectivity index (χ0) is 25.1. The maximum atomic E-state index is 14.1. The predicted octanol–water partition coefficient (Wildman–Crippen LogP) is 6.95. The Labute approximate surface area is 209 Å². The van der Waals surface area contributed by atoms with E-state index in [4.69, 9.17) is 0 Å². The first-order chi connectivity index (χ1) is 17.4. The molecule has 0 atom stereocenters. The molecule has 0 fully saturated rings. The number of rotatable bonds is 5. The molecule has 0 unspecified atom stereocenters. The number of alkyl halides is 3. The first-order valence-corrected chi connectivity index (χ1v) is 11.8. The smallest absolute Gasteiger partial charge is 0.248 e. The van der Waals surface area contributed by atoms with E-state index in [1.165, 1.54) is 0 Å². The minimum absolute atomic E-state index is 0.114. The predicted molar refractivity (Wildman–Crippen MR) is 144 cm³/mol. The fourth-order valence-electron chi connectivity index (χ4n) is 4.63. The van der Waals surface area contributed by atoms with Gasteiger partial charge in [-0.25, -0.2) is 4.98 Å². The summed E-state index contributed by atoms with van der Waals surface area (Å²) in [6.07, 6.45) is -2.70. The number of aryl methyl sites for hydroxylation is 1. The highest BCUT2D eigenvalue weighted by Gasteiger charge is 2.33. The summed E-state index contributed by atoms with van der Waals surface area (Å²) in [7, 11) is 0. The highest BCUT2D eigenvalue weighted by Crippen LogP contribution is 2.36. The van der Waals surface area contributed by atoms with Crippen LogP contribution in [0.4, 0.5) is 13.2 Å². The molecule has 0 N–H and O–H groups in total. The quantitative estimate of drug-likeness (QED) is 0.250. The van der Waals surface area contributed by atoms with Crippen molar-refractivity contribution in [1.29, 1.82) is 0 Å². The van der Waals surface area contributed by atoms with E-state index in [-0.39, 0.29) is 17.8 Å². The Kier molecular flexibility index (Phi) is 6.47. The first-order valence-electron chi connectivity index (χ1n) is 11.8. The van der Waals surface area contributed by atoms with Crippen molar-refractivity contribution < 1.29 is 13.2 Å². The summed E-state index contributed by atoms with van der Waals surface area (Å²) in [6, 6.07) is 36.0. The number of benzene rings is 4. The number of pyridine rings is 1. The van der Waals surface area contributed by atoms with Crippen LogP contribution < -0.4 is 10.9 Å². The maximum Gasteiger partial charge on any atom is 0.417 e. The van der Waals surface area contributed by atoms with Crippen molar-refractivity contribution in [2.24, 2.45) is 0 Å². The van der Waals surface area contributed by atoms with Gasteiger partial charge >= 0.3 is 6.18 Å². The van der Waals surface area contributed by atoms with Gasteiger partial charge in [0.1, 0.15) is 0 Å². The van der Waals surface area contributed by atoms with Crippen LogP contribution in [0.1, 0.15) is 22.4 Å². The van der Waals surface area contributed by atoms with Crippen LogP contribution in [-0.4, -0.2) is 11.7 Å². The molecule has 36 heavy (non-hydrogen) atoms. The van der Waals surface area contributed by atoms with E-state index in [1.807, 2.05) is 91.0 Å². The van der Waals surface area contributed by atoms with E-state index in [0.717, 1.165) is 33.6 Å². The third-order valence-corrected chi connectivity index (χ3v) is 6.28. The number of halogens is 3. The highest BCUT2D eigenvalue weighted by atomic mass is 19.4. The van der Waals surface area contributed by atoms with Crippen molar-refractivity contribution in [3.05, 3.63) is 138 Å². The standard InChI is InChI=1S/C31H23BF3N/c1-22-17-18-30-27(19-22)28(31(33,34)35)20-26(36-30)21-29(23-11-5-2-6-12-23)32(24-13-7-3-8-14-24)25-15-9-4-10-16-25/h2-21H,1H3. The van der Waals surface area contributed by atoms with Crippen molar-refractivity contribution in [3.63, 3.8) is 0 Å². The van der Waals surface area contributed by atoms with Gasteiger partial charge in [0.25, 0.3) is 0 Å². The Morgan fingerprint density at radius 1 is 0.722 bits per heavy atom. The SMILES string of the molecule is Cc1ccc2nc(C=C(B(c3ccccc3)c3ccccc3)c3ccccc3)cc(C(F)(F)F)c2c1. The van der Waals surface area contributed by atoms with Gasteiger partial charge < -0.3 is 0 Å². The normalized spacial score (nSPS) is 12.1. The molecule has 1 heterocycles. The van der Waals surface area contributed by atoms with Crippen LogP contribution in [0.2, 0.25) is 0 Å². The zero-order valence-electron chi connectivity index (χ0n) is 19.7. The summed E-state index contributed by atoms with van der Waals surface area (Å²) in [5.74, 6) is 0. The van der Waals surface area contributed by atoms with Crippen LogP contribution >= 0.6 is 0 Å². The fourth-order valence-corrected chi connectivity index (χ4v) is 4.63. The minimum atomic E-state index is -4.50. The molecule has 0 spiro atoms. The third-order valence-electron chi connectivity index (χ3n) is 6.28. The average molecular weight is 477 g/mol. The molecule has 0 bridgehead atoms. The largest absolute Gasteiger partial charge is 0.417 e. The first kappa shape index (κ1) is 23.6. The summed E-state index contributed by atoms with van der Waals surface area (Å²) in [4.78, 5) is 4.65. The van der Waals surface area contributed by atoms with Crippen molar-refractivity contribution >= 4 is 40.1 Å². The number of hydrogen-bond acceptors (Lipinski definition) is 1. The van der Waals surface area contributed by atoms with Gasteiger partial charge in [0.2, 0.25) is 6.71 Å². The van der Waals surface area contributed by atoms with Crippen LogP contribution in [0.3, 0.4) is 0 Å². The molecule has 0 amide bonds. The molecule has 0 aliphatic carbocycles. The lowest BCUT2D eigenvalue weighted by atomic mass is 9.35. The Bertz CT molecular complexity index is 1470. The minimum Gasteiger partial charge on any atom is -0.248 e. The van der Waals surface area contributed by atoms with E-state index in [0.29, 0.717) is 5.52 Å². The monoisotopic (exact) mass is 477 g/mol. The summed E-state index contributed by atoms with van der Waals surface area (Å²) in [5.41, 5.74) is 4.58. The Balaban J connectivity index is 1.79. The Hall–Kier alpha value is -4.12. The van der Waals surface area contributed by atoms with Gasteiger partial charge in [0.05, 0.1) is 16.8 Å². The van der Waals surface area contributed by atoms with E-state index in [1.54, 1.807) is 31.2 Å². The Morgan fingerprint density at radius 3 is 1.83 bits per heavy atom. The summed E-state index contributed by atoms with van der Waals surface area (Å²) < 4.78 is 42.4. The van der Waals surface area contributed by atoms with E-state index >= 15 is 0 Å². The molecule has 5 rings (SSSR count). The second-order valence-electron chi connectivity index (χ2n) is 8.83. The van der Waals surface area contributed by atoms with Crippen LogP contribution in [-0.2, 0) is 6.18 Å². The van der Waals surface area contributed by atoms with Crippen molar-refractivity contribution in [2.45, 2.75) is 13.1 Å². The van der Waals surface area contributed by atoms with E-state index < -0.39 is 11.7 Å². The second kappa shape index (κ2) is 9.86. The molecular weight excluding hydrogens is 454 g/mol. The van der Waals surface area contributed by atoms with E-state index in [2.05, 4.69) is 4.98 Å². The van der Waals surface area contributed by atoms with E-state index in [9.17, 15) is 13.2 Å². The lowest BCUT2D eigenvalue weighted by Gasteiger charge is -2.20.